The Balaban J connectivity index is 1.57. The van der Waals surface area contributed by atoms with Crippen molar-refractivity contribution in [3.63, 3.8) is 0 Å². The molecule has 0 spiro atoms. The van der Waals surface area contributed by atoms with E-state index in [9.17, 15) is 19.1 Å². The van der Waals surface area contributed by atoms with Gasteiger partial charge in [-0.05, 0) is 68.7 Å². The van der Waals surface area contributed by atoms with E-state index in [0.717, 1.165) is 42.8 Å². The number of piperazine rings is 1. The SMILES string of the molecule is Cc1cc(=O)oc2c(CN3CCN(c4ccc(F)cc4)CC3)c(O)c(CCC(=O)OC(C)C)cc12. The summed E-state index contributed by atoms with van der Waals surface area (Å²) < 4.78 is 24.0. The normalized spacial score (nSPS) is 14.6. The molecule has 2 heterocycles. The molecule has 1 fully saturated rings. The Morgan fingerprint density at radius 1 is 1.14 bits per heavy atom. The third-order valence-electron chi connectivity index (χ3n) is 6.30. The molecule has 8 heteroatoms. The number of aromatic hydroxyl groups is 1. The number of ether oxygens (including phenoxy) is 1. The van der Waals surface area contributed by atoms with Gasteiger partial charge in [0.05, 0.1) is 11.7 Å². The fraction of sp³-hybridized carbons (Fsp3) is 0.407. The van der Waals surface area contributed by atoms with Crippen LogP contribution in [0.2, 0.25) is 0 Å². The van der Waals surface area contributed by atoms with Crippen molar-refractivity contribution in [3.8, 4) is 5.75 Å². The Hall–Kier alpha value is -3.39. The van der Waals surface area contributed by atoms with E-state index in [1.165, 1.54) is 18.2 Å². The lowest BCUT2D eigenvalue weighted by Crippen LogP contribution is -2.46. The van der Waals surface area contributed by atoms with Crippen LogP contribution in [0.25, 0.3) is 11.0 Å². The minimum atomic E-state index is -0.468. The Morgan fingerprint density at radius 2 is 1.83 bits per heavy atom. The van der Waals surface area contributed by atoms with Gasteiger partial charge >= 0.3 is 11.6 Å². The molecule has 0 radical (unpaired) electrons. The average molecular weight is 483 g/mol. The Bertz CT molecular complexity index is 1260. The lowest BCUT2D eigenvalue weighted by atomic mass is 9.98. The summed E-state index contributed by atoms with van der Waals surface area (Å²) in [7, 11) is 0. The van der Waals surface area contributed by atoms with Crippen LogP contribution in [0, 0.1) is 12.7 Å². The van der Waals surface area contributed by atoms with Gasteiger partial charge in [0, 0.05) is 56.3 Å². The molecule has 1 N–H and O–H groups in total. The minimum Gasteiger partial charge on any atom is -0.507 e. The summed E-state index contributed by atoms with van der Waals surface area (Å²) in [6.07, 6.45) is 0.258. The number of phenolic OH excluding ortho intramolecular Hbond substituents is 1. The Kier molecular flexibility index (Phi) is 7.40. The van der Waals surface area contributed by atoms with E-state index < -0.39 is 5.63 Å². The van der Waals surface area contributed by atoms with Crippen molar-refractivity contribution >= 4 is 22.6 Å². The molecule has 0 atom stereocenters. The second kappa shape index (κ2) is 10.5. The number of carbonyl (C=O) groups excluding carboxylic acids is 1. The lowest BCUT2D eigenvalue weighted by molar-refractivity contribution is -0.147. The third-order valence-corrected chi connectivity index (χ3v) is 6.30. The number of benzene rings is 2. The van der Waals surface area contributed by atoms with Gasteiger partial charge in [0.1, 0.15) is 17.1 Å². The van der Waals surface area contributed by atoms with Crippen LogP contribution in [-0.4, -0.2) is 48.3 Å². The average Bonchev–Trinajstić information content (AvgIpc) is 2.81. The van der Waals surface area contributed by atoms with Crippen molar-refractivity contribution in [3.05, 3.63) is 69.3 Å². The first-order valence-electron chi connectivity index (χ1n) is 11.9. The molecule has 0 bridgehead atoms. The number of carbonyl (C=O) groups is 1. The second-order valence-electron chi connectivity index (χ2n) is 9.27. The van der Waals surface area contributed by atoms with Crippen LogP contribution < -0.4 is 10.5 Å². The summed E-state index contributed by atoms with van der Waals surface area (Å²) in [5.41, 5.74) is 2.80. The first kappa shape index (κ1) is 24.7. The van der Waals surface area contributed by atoms with Crippen molar-refractivity contribution in [2.24, 2.45) is 0 Å². The Labute approximate surface area is 203 Å². The van der Waals surface area contributed by atoms with Gasteiger partial charge in [-0.15, -0.1) is 0 Å². The van der Waals surface area contributed by atoms with Crippen molar-refractivity contribution in [1.29, 1.82) is 0 Å². The van der Waals surface area contributed by atoms with Gasteiger partial charge in [-0.3, -0.25) is 9.69 Å². The van der Waals surface area contributed by atoms with E-state index in [2.05, 4.69) is 9.80 Å². The number of hydrogen-bond acceptors (Lipinski definition) is 7. The molecular weight excluding hydrogens is 451 g/mol. The zero-order valence-corrected chi connectivity index (χ0v) is 20.3. The molecule has 0 aliphatic carbocycles. The zero-order chi connectivity index (χ0) is 25.1. The van der Waals surface area contributed by atoms with Crippen LogP contribution in [0.5, 0.6) is 5.75 Å². The fourth-order valence-corrected chi connectivity index (χ4v) is 4.50. The number of phenols is 1. The summed E-state index contributed by atoms with van der Waals surface area (Å²) in [6.45, 7) is 8.75. The number of fused-ring (bicyclic) bond motifs is 1. The standard InChI is InChI=1S/C27H31FN2O5/c1-17(2)34-24(31)9-4-19-15-22-18(3)14-25(32)35-27(22)23(26(19)33)16-29-10-12-30(13-11-29)21-7-5-20(28)6-8-21/h5-8,14-15,17,33H,4,9-13,16H2,1-3H3. The number of aryl methyl sites for hydroxylation is 2. The van der Waals surface area contributed by atoms with Gasteiger partial charge in [-0.25, -0.2) is 9.18 Å². The van der Waals surface area contributed by atoms with E-state index in [1.807, 2.05) is 6.92 Å². The summed E-state index contributed by atoms with van der Waals surface area (Å²) in [5.74, 6) is -0.539. The summed E-state index contributed by atoms with van der Waals surface area (Å²) in [4.78, 5) is 28.6. The molecule has 1 aromatic heterocycles. The predicted molar refractivity (Wildman–Crippen MR) is 132 cm³/mol. The number of halogens is 1. The summed E-state index contributed by atoms with van der Waals surface area (Å²) >= 11 is 0. The van der Waals surface area contributed by atoms with Crippen LogP contribution in [0.4, 0.5) is 10.1 Å². The van der Waals surface area contributed by atoms with Crippen molar-refractivity contribution in [2.75, 3.05) is 31.1 Å². The van der Waals surface area contributed by atoms with Gasteiger partial charge in [0.15, 0.2) is 0 Å². The molecule has 0 unspecified atom stereocenters. The van der Waals surface area contributed by atoms with Crippen molar-refractivity contribution in [2.45, 2.75) is 46.3 Å². The maximum atomic E-state index is 13.3. The van der Waals surface area contributed by atoms with Gasteiger partial charge in [-0.1, -0.05) is 0 Å². The first-order chi connectivity index (χ1) is 16.7. The van der Waals surface area contributed by atoms with E-state index in [1.54, 1.807) is 32.0 Å². The topological polar surface area (TPSA) is 83.2 Å². The molecule has 186 valence electrons. The molecule has 0 saturated carbocycles. The van der Waals surface area contributed by atoms with Crippen LogP contribution in [0.3, 0.4) is 0 Å². The minimum absolute atomic E-state index is 0.0459. The van der Waals surface area contributed by atoms with Gasteiger partial charge < -0.3 is 19.2 Å². The second-order valence-corrected chi connectivity index (χ2v) is 9.27. The molecule has 35 heavy (non-hydrogen) atoms. The first-order valence-corrected chi connectivity index (χ1v) is 11.9. The summed E-state index contributed by atoms with van der Waals surface area (Å²) in [5, 5.41) is 11.9. The highest BCUT2D eigenvalue weighted by molar-refractivity contribution is 5.86. The quantitative estimate of drug-likeness (QED) is 0.400. The van der Waals surface area contributed by atoms with Crippen LogP contribution in [-0.2, 0) is 22.5 Å². The predicted octanol–water partition coefficient (Wildman–Crippen LogP) is 4.15. The zero-order valence-electron chi connectivity index (χ0n) is 20.3. The smallest absolute Gasteiger partial charge is 0.336 e. The van der Waals surface area contributed by atoms with E-state index >= 15 is 0 Å². The highest BCUT2D eigenvalue weighted by atomic mass is 19.1. The third kappa shape index (κ3) is 5.82. The van der Waals surface area contributed by atoms with Crippen LogP contribution in [0.15, 0.2) is 45.6 Å². The van der Waals surface area contributed by atoms with E-state index in [-0.39, 0.29) is 30.1 Å². The number of rotatable bonds is 7. The molecule has 7 nitrogen and oxygen atoms in total. The highest BCUT2D eigenvalue weighted by Crippen LogP contribution is 2.34. The fourth-order valence-electron chi connectivity index (χ4n) is 4.50. The molecular formula is C27H31FN2O5. The van der Waals surface area contributed by atoms with E-state index in [4.69, 9.17) is 9.15 Å². The molecule has 1 saturated heterocycles. The lowest BCUT2D eigenvalue weighted by Gasteiger charge is -2.36. The van der Waals surface area contributed by atoms with Gasteiger partial charge in [0.2, 0.25) is 0 Å². The van der Waals surface area contributed by atoms with Crippen molar-refractivity contribution < 1.29 is 23.4 Å². The molecule has 2 aromatic carbocycles. The largest absolute Gasteiger partial charge is 0.507 e. The molecule has 0 amide bonds. The van der Waals surface area contributed by atoms with Crippen LogP contribution >= 0.6 is 0 Å². The molecule has 1 aliphatic rings. The number of nitrogens with zero attached hydrogens (tertiary/aromatic N) is 2. The van der Waals surface area contributed by atoms with Gasteiger partial charge in [0.25, 0.3) is 0 Å². The van der Waals surface area contributed by atoms with Gasteiger partial charge in [-0.2, -0.15) is 0 Å². The maximum Gasteiger partial charge on any atom is 0.336 e. The summed E-state index contributed by atoms with van der Waals surface area (Å²) in [6, 6.07) is 9.69. The molecule has 4 rings (SSSR count). The van der Waals surface area contributed by atoms with Crippen LogP contribution in [0.1, 0.15) is 37.0 Å². The monoisotopic (exact) mass is 482 g/mol. The molecule has 3 aromatic rings. The van der Waals surface area contributed by atoms with E-state index in [0.29, 0.717) is 29.7 Å². The Morgan fingerprint density at radius 3 is 2.49 bits per heavy atom. The number of esters is 1. The molecule has 1 aliphatic heterocycles. The number of anilines is 1. The highest BCUT2D eigenvalue weighted by Gasteiger charge is 2.23. The maximum absolute atomic E-state index is 13.3. The van der Waals surface area contributed by atoms with Crippen molar-refractivity contribution in [1.82, 2.24) is 4.90 Å². The number of hydrogen-bond donors (Lipinski definition) is 1.